The van der Waals surface area contributed by atoms with Gasteiger partial charge < -0.3 is 19.1 Å². The third-order valence-corrected chi connectivity index (χ3v) is 3.46. The van der Waals surface area contributed by atoms with Crippen molar-refractivity contribution in [2.45, 2.75) is 0 Å². The second-order valence-corrected chi connectivity index (χ2v) is 4.84. The molecule has 3 rings (SSSR count). The van der Waals surface area contributed by atoms with Crippen LogP contribution >= 0.6 is 0 Å². The summed E-state index contributed by atoms with van der Waals surface area (Å²) in [7, 11) is 3.09. The normalized spacial score (nSPS) is 10.4. The number of carbonyl (C=O) groups is 1. The predicted octanol–water partition coefficient (Wildman–Crippen LogP) is 3.12. The van der Waals surface area contributed by atoms with Crippen molar-refractivity contribution in [3.05, 3.63) is 48.0 Å². The highest BCUT2D eigenvalue weighted by molar-refractivity contribution is 5.94. The Hall–Kier alpha value is -3.35. The highest BCUT2D eigenvalue weighted by atomic mass is 16.5. The van der Waals surface area contributed by atoms with Gasteiger partial charge in [0.2, 0.25) is 5.82 Å². The van der Waals surface area contributed by atoms with E-state index in [2.05, 4.69) is 10.1 Å². The summed E-state index contributed by atoms with van der Waals surface area (Å²) in [6.07, 6.45) is 0. The van der Waals surface area contributed by atoms with Crippen molar-refractivity contribution in [1.82, 2.24) is 10.1 Å². The molecular weight excluding hydrogens is 312 g/mol. The van der Waals surface area contributed by atoms with Crippen molar-refractivity contribution < 1.29 is 23.9 Å². The van der Waals surface area contributed by atoms with Crippen LogP contribution in [0.5, 0.6) is 11.5 Å². The van der Waals surface area contributed by atoms with Crippen LogP contribution in [0.15, 0.2) is 47.0 Å². The lowest BCUT2D eigenvalue weighted by molar-refractivity contribution is 0.0697. The van der Waals surface area contributed by atoms with E-state index in [1.165, 1.54) is 13.2 Å². The van der Waals surface area contributed by atoms with E-state index in [1.54, 1.807) is 43.5 Å². The van der Waals surface area contributed by atoms with Crippen LogP contribution in [0, 0.1) is 0 Å². The van der Waals surface area contributed by atoms with Gasteiger partial charge in [0, 0.05) is 0 Å². The second kappa shape index (κ2) is 6.41. The summed E-state index contributed by atoms with van der Waals surface area (Å²) >= 11 is 0. The standard InChI is InChI=1S/C17H14N2O5/c1-22-10-7-8-14(23-2)13(9-10)15-18-16(24-19-15)11-5-3-4-6-12(11)17(20)21/h3-9H,1-2H3,(H,20,21). The number of rotatable bonds is 5. The number of aromatic nitrogens is 2. The monoisotopic (exact) mass is 326 g/mol. The minimum absolute atomic E-state index is 0.0882. The number of benzene rings is 2. The quantitative estimate of drug-likeness (QED) is 0.769. The van der Waals surface area contributed by atoms with E-state index in [9.17, 15) is 9.90 Å². The number of ether oxygens (including phenoxy) is 2. The summed E-state index contributed by atoms with van der Waals surface area (Å²) in [5, 5.41) is 13.2. The van der Waals surface area contributed by atoms with Crippen molar-refractivity contribution in [3.63, 3.8) is 0 Å². The maximum absolute atomic E-state index is 11.3. The summed E-state index contributed by atoms with van der Waals surface area (Å²) in [6, 6.07) is 11.6. The first kappa shape index (κ1) is 15.5. The molecule has 3 aromatic rings. The van der Waals surface area contributed by atoms with Crippen LogP contribution in [0.3, 0.4) is 0 Å². The average Bonchev–Trinajstić information content (AvgIpc) is 3.10. The molecule has 1 heterocycles. The molecule has 1 N–H and O–H groups in total. The van der Waals surface area contributed by atoms with Crippen LogP contribution in [0.2, 0.25) is 0 Å². The van der Waals surface area contributed by atoms with Gasteiger partial charge in [-0.15, -0.1) is 0 Å². The summed E-state index contributed by atoms with van der Waals surface area (Å²) in [6.45, 7) is 0. The SMILES string of the molecule is COc1ccc(OC)c(-c2noc(-c3ccccc3C(=O)O)n2)c1. The molecule has 0 aliphatic rings. The van der Waals surface area contributed by atoms with E-state index in [4.69, 9.17) is 14.0 Å². The molecule has 122 valence electrons. The van der Waals surface area contributed by atoms with Gasteiger partial charge in [-0.2, -0.15) is 4.98 Å². The maximum atomic E-state index is 11.3. The molecule has 0 radical (unpaired) electrons. The Morgan fingerprint density at radius 2 is 1.88 bits per heavy atom. The molecule has 0 saturated heterocycles. The van der Waals surface area contributed by atoms with Crippen LogP contribution < -0.4 is 9.47 Å². The molecule has 7 heteroatoms. The van der Waals surface area contributed by atoms with Crippen molar-refractivity contribution >= 4 is 5.97 Å². The minimum atomic E-state index is -1.07. The fourth-order valence-electron chi connectivity index (χ4n) is 2.29. The molecule has 0 bridgehead atoms. The van der Waals surface area contributed by atoms with Gasteiger partial charge in [0.25, 0.3) is 5.89 Å². The van der Waals surface area contributed by atoms with E-state index < -0.39 is 5.97 Å². The van der Waals surface area contributed by atoms with E-state index in [0.29, 0.717) is 22.6 Å². The van der Waals surface area contributed by atoms with Crippen LogP contribution in [-0.4, -0.2) is 35.4 Å². The summed E-state index contributed by atoms with van der Waals surface area (Å²) in [5.74, 6) is 0.496. The van der Waals surface area contributed by atoms with Crippen LogP contribution in [0.4, 0.5) is 0 Å². The fraction of sp³-hybridized carbons (Fsp3) is 0.118. The van der Waals surface area contributed by atoms with Gasteiger partial charge >= 0.3 is 5.97 Å². The minimum Gasteiger partial charge on any atom is -0.497 e. The van der Waals surface area contributed by atoms with Gasteiger partial charge in [0.1, 0.15) is 11.5 Å². The van der Waals surface area contributed by atoms with Crippen molar-refractivity contribution in [1.29, 1.82) is 0 Å². The molecular formula is C17H14N2O5. The number of aromatic carboxylic acids is 1. The summed E-state index contributed by atoms with van der Waals surface area (Å²) < 4.78 is 15.8. The van der Waals surface area contributed by atoms with Crippen LogP contribution in [0.1, 0.15) is 10.4 Å². The molecule has 0 unspecified atom stereocenters. The fourth-order valence-corrected chi connectivity index (χ4v) is 2.29. The molecule has 0 amide bonds. The first-order chi connectivity index (χ1) is 11.6. The largest absolute Gasteiger partial charge is 0.497 e. The van der Waals surface area contributed by atoms with Gasteiger partial charge in [-0.3, -0.25) is 0 Å². The first-order valence-corrected chi connectivity index (χ1v) is 7.03. The second-order valence-electron chi connectivity index (χ2n) is 4.84. The third kappa shape index (κ3) is 2.79. The topological polar surface area (TPSA) is 94.7 Å². The zero-order chi connectivity index (χ0) is 17.1. The molecule has 24 heavy (non-hydrogen) atoms. The Morgan fingerprint density at radius 3 is 2.58 bits per heavy atom. The zero-order valence-corrected chi connectivity index (χ0v) is 13.0. The molecule has 0 aliphatic carbocycles. The Morgan fingerprint density at radius 1 is 1.08 bits per heavy atom. The van der Waals surface area contributed by atoms with Crippen molar-refractivity contribution in [2.75, 3.05) is 14.2 Å². The Kier molecular flexibility index (Phi) is 4.15. The summed E-state index contributed by atoms with van der Waals surface area (Å²) in [5.41, 5.74) is 1.02. The Balaban J connectivity index is 2.08. The van der Waals surface area contributed by atoms with Gasteiger partial charge in [0.05, 0.1) is 30.9 Å². The summed E-state index contributed by atoms with van der Waals surface area (Å²) in [4.78, 5) is 15.6. The van der Waals surface area contributed by atoms with Crippen LogP contribution in [0.25, 0.3) is 22.8 Å². The molecule has 1 aromatic heterocycles. The van der Waals surface area contributed by atoms with Crippen molar-refractivity contribution in [2.24, 2.45) is 0 Å². The highest BCUT2D eigenvalue weighted by Crippen LogP contribution is 2.33. The van der Waals surface area contributed by atoms with Gasteiger partial charge in [0.15, 0.2) is 0 Å². The molecule has 0 aliphatic heterocycles. The number of hydrogen-bond donors (Lipinski definition) is 1. The Bertz CT molecular complexity index is 888. The molecule has 0 saturated carbocycles. The zero-order valence-electron chi connectivity index (χ0n) is 13.0. The van der Waals surface area contributed by atoms with E-state index in [-0.39, 0.29) is 17.3 Å². The number of carboxylic acid groups (broad SMARTS) is 1. The van der Waals surface area contributed by atoms with Gasteiger partial charge in [-0.1, -0.05) is 17.3 Å². The number of carboxylic acids is 1. The van der Waals surface area contributed by atoms with Gasteiger partial charge in [-0.25, -0.2) is 4.79 Å². The van der Waals surface area contributed by atoms with E-state index in [0.717, 1.165) is 0 Å². The smallest absolute Gasteiger partial charge is 0.336 e. The first-order valence-electron chi connectivity index (χ1n) is 7.03. The Labute approximate surface area is 137 Å². The van der Waals surface area contributed by atoms with Gasteiger partial charge in [-0.05, 0) is 30.3 Å². The van der Waals surface area contributed by atoms with Crippen molar-refractivity contribution in [3.8, 4) is 34.3 Å². The molecule has 7 nitrogen and oxygen atoms in total. The lowest BCUT2D eigenvalue weighted by Crippen LogP contribution is -1.99. The lowest BCUT2D eigenvalue weighted by atomic mass is 10.1. The highest BCUT2D eigenvalue weighted by Gasteiger charge is 2.19. The predicted molar refractivity (Wildman–Crippen MR) is 85.2 cm³/mol. The average molecular weight is 326 g/mol. The van der Waals surface area contributed by atoms with E-state index >= 15 is 0 Å². The molecule has 0 spiro atoms. The maximum Gasteiger partial charge on any atom is 0.336 e. The third-order valence-electron chi connectivity index (χ3n) is 3.46. The molecule has 0 atom stereocenters. The van der Waals surface area contributed by atoms with E-state index in [1.807, 2.05) is 0 Å². The molecule has 0 fully saturated rings. The number of methoxy groups -OCH3 is 2. The van der Waals surface area contributed by atoms with Crippen LogP contribution in [-0.2, 0) is 0 Å². The number of hydrogen-bond acceptors (Lipinski definition) is 6. The molecule has 2 aromatic carbocycles. The number of nitrogens with zero attached hydrogens (tertiary/aromatic N) is 2. The lowest BCUT2D eigenvalue weighted by Gasteiger charge is -2.07.